The molecule has 3 nitrogen and oxygen atoms in total. The molecule has 0 aliphatic rings. The van der Waals surface area contributed by atoms with E-state index >= 15 is 0 Å². The minimum absolute atomic E-state index is 0.398. The molecule has 0 aliphatic carbocycles. The molecule has 1 aromatic carbocycles. The van der Waals surface area contributed by atoms with E-state index in [1.165, 1.54) is 10.8 Å². The summed E-state index contributed by atoms with van der Waals surface area (Å²) < 4.78 is 46.2. The monoisotopic (exact) mass is 393 g/mol. The van der Waals surface area contributed by atoms with Crippen LogP contribution in [0.1, 0.15) is 27.7 Å². The summed E-state index contributed by atoms with van der Waals surface area (Å²) in [4.78, 5) is 4.06. The van der Waals surface area contributed by atoms with E-state index in [9.17, 15) is 13.2 Å². The molecule has 0 atom stereocenters. The van der Waals surface area contributed by atoms with Crippen LogP contribution in [0.5, 0.6) is 0 Å². The van der Waals surface area contributed by atoms with Gasteiger partial charge in [0.15, 0.2) is 0 Å². The quantitative estimate of drug-likeness (QED) is 0.511. The average molecular weight is 393 g/mol. The van der Waals surface area contributed by atoms with Crippen LogP contribution in [-0.2, 0) is 11.2 Å². The van der Waals surface area contributed by atoms with Crippen LogP contribution < -0.4 is 5.46 Å². The van der Waals surface area contributed by atoms with E-state index in [1.807, 2.05) is 33.8 Å². The number of rotatable bonds is 5. The van der Waals surface area contributed by atoms with E-state index in [-0.39, 0.29) is 0 Å². The van der Waals surface area contributed by atoms with Crippen molar-refractivity contribution in [3.8, 4) is 0 Å². The summed E-state index contributed by atoms with van der Waals surface area (Å²) in [6, 6.07) is 6.95. The molecule has 0 fully saturated rings. The molecule has 27 heavy (non-hydrogen) atoms. The molecule has 0 spiro atoms. The van der Waals surface area contributed by atoms with Crippen molar-refractivity contribution in [2.24, 2.45) is 0 Å². The molecule has 2 heterocycles. The Kier molecular flexibility index (Phi) is 5.01. The number of hydrogen-bond donors (Lipinski definition) is 1. The molecule has 8 heteroatoms. The Morgan fingerprint density at radius 2 is 1.78 bits per heavy atom. The third-order valence-corrected chi connectivity index (χ3v) is 5.53. The fourth-order valence-corrected chi connectivity index (χ4v) is 2.79. The second-order valence-electron chi connectivity index (χ2n) is 7.68. The Balaban J connectivity index is 2.04. The lowest BCUT2D eigenvalue weighted by Gasteiger charge is -2.38. The minimum Gasteiger partial charge on any atom is -0.428 e. The standard InChI is InChI=1S/C19H21BF3N2OS/c1-17(2,18(3,4)27)26-20-12-5-6-13-14-10-24-8-7-15(14)25(16(13)9-12)11-19(21,22)23/h5-10,27H,11H2,1-4H3. The zero-order chi connectivity index (χ0) is 20.0. The number of pyridine rings is 1. The lowest BCUT2D eigenvalue weighted by molar-refractivity contribution is -0.139. The number of thiol groups is 1. The number of benzene rings is 1. The van der Waals surface area contributed by atoms with E-state index in [0.29, 0.717) is 21.9 Å². The Hall–Kier alpha value is -1.67. The summed E-state index contributed by atoms with van der Waals surface area (Å²) in [5, 5.41) is 1.43. The molecule has 0 N–H and O–H groups in total. The molecule has 0 saturated carbocycles. The second-order valence-corrected chi connectivity index (χ2v) is 8.79. The third kappa shape index (κ3) is 4.11. The van der Waals surface area contributed by atoms with Crippen molar-refractivity contribution in [3.05, 3.63) is 36.7 Å². The average Bonchev–Trinajstić information content (AvgIpc) is 2.84. The molecule has 143 valence electrons. The molecule has 3 aromatic rings. The number of fused-ring (bicyclic) bond motifs is 3. The normalized spacial score (nSPS) is 13.5. The van der Waals surface area contributed by atoms with Gasteiger partial charge in [-0.25, -0.2) is 0 Å². The summed E-state index contributed by atoms with van der Waals surface area (Å²) in [6.45, 7) is 6.67. The summed E-state index contributed by atoms with van der Waals surface area (Å²) in [5.41, 5.74) is 1.13. The Morgan fingerprint density at radius 1 is 1.07 bits per heavy atom. The van der Waals surface area contributed by atoms with Crippen molar-refractivity contribution >= 4 is 47.4 Å². The van der Waals surface area contributed by atoms with Crippen LogP contribution in [0.25, 0.3) is 21.8 Å². The van der Waals surface area contributed by atoms with Crippen molar-refractivity contribution in [2.75, 3.05) is 0 Å². The number of alkyl halides is 3. The first-order chi connectivity index (χ1) is 12.4. The first kappa shape index (κ1) is 20.1. The number of hydrogen-bond acceptors (Lipinski definition) is 3. The van der Waals surface area contributed by atoms with Crippen molar-refractivity contribution in [3.63, 3.8) is 0 Å². The molecule has 0 aliphatic heterocycles. The van der Waals surface area contributed by atoms with Crippen molar-refractivity contribution < 1.29 is 17.8 Å². The highest BCUT2D eigenvalue weighted by Crippen LogP contribution is 2.32. The molecule has 0 saturated heterocycles. The van der Waals surface area contributed by atoms with Crippen LogP contribution >= 0.6 is 12.6 Å². The molecular weight excluding hydrogens is 372 g/mol. The van der Waals surface area contributed by atoms with Gasteiger partial charge in [0.2, 0.25) is 0 Å². The van der Waals surface area contributed by atoms with Gasteiger partial charge in [-0.05, 0) is 39.8 Å². The zero-order valence-corrected chi connectivity index (χ0v) is 16.5. The van der Waals surface area contributed by atoms with E-state index in [4.69, 9.17) is 4.65 Å². The first-order valence-electron chi connectivity index (χ1n) is 8.55. The lowest BCUT2D eigenvalue weighted by Crippen LogP contribution is -2.45. The number of aromatic nitrogens is 2. The predicted molar refractivity (Wildman–Crippen MR) is 107 cm³/mol. The molecule has 3 rings (SSSR count). The van der Waals surface area contributed by atoms with E-state index in [0.717, 1.165) is 5.39 Å². The number of halogens is 3. The summed E-state index contributed by atoms with van der Waals surface area (Å²) in [7, 11) is 1.57. The lowest BCUT2D eigenvalue weighted by atomic mass is 9.83. The molecule has 0 unspecified atom stereocenters. The summed E-state index contributed by atoms with van der Waals surface area (Å²) in [6.07, 6.45) is -1.23. The minimum atomic E-state index is -4.32. The Morgan fingerprint density at radius 3 is 2.41 bits per heavy atom. The maximum absolute atomic E-state index is 13.1. The largest absolute Gasteiger partial charge is 0.428 e. The van der Waals surface area contributed by atoms with Crippen LogP contribution in [0, 0.1) is 0 Å². The fourth-order valence-electron chi connectivity index (χ4n) is 2.74. The van der Waals surface area contributed by atoms with Gasteiger partial charge in [-0.3, -0.25) is 4.98 Å². The first-order valence-corrected chi connectivity index (χ1v) is 9.00. The van der Waals surface area contributed by atoms with Crippen LogP contribution in [0.3, 0.4) is 0 Å². The van der Waals surface area contributed by atoms with E-state index < -0.39 is 23.1 Å². The summed E-state index contributed by atoms with van der Waals surface area (Å²) in [5.74, 6) is 0. The zero-order valence-electron chi connectivity index (χ0n) is 15.6. The van der Waals surface area contributed by atoms with E-state index in [1.54, 1.807) is 31.9 Å². The van der Waals surface area contributed by atoms with Gasteiger partial charge in [-0.2, -0.15) is 25.8 Å². The Labute approximate surface area is 162 Å². The summed E-state index contributed by atoms with van der Waals surface area (Å²) >= 11 is 4.56. The van der Waals surface area contributed by atoms with Crippen molar-refractivity contribution in [1.29, 1.82) is 0 Å². The molecular formula is C19H21BF3N2OS. The fraction of sp³-hybridized carbons (Fsp3) is 0.421. The topological polar surface area (TPSA) is 27.1 Å². The highest BCUT2D eigenvalue weighted by molar-refractivity contribution is 7.81. The van der Waals surface area contributed by atoms with Crippen LogP contribution in [0.2, 0.25) is 0 Å². The Bertz CT molecular complexity index is 977. The van der Waals surface area contributed by atoms with Crippen LogP contribution in [0.4, 0.5) is 13.2 Å². The molecule has 0 bridgehead atoms. The van der Waals surface area contributed by atoms with Gasteiger partial charge in [0.05, 0.1) is 11.1 Å². The smallest absolute Gasteiger partial charge is 0.406 e. The highest BCUT2D eigenvalue weighted by Gasteiger charge is 2.34. The van der Waals surface area contributed by atoms with E-state index in [2.05, 4.69) is 17.6 Å². The maximum atomic E-state index is 13.1. The van der Waals surface area contributed by atoms with Crippen LogP contribution in [-0.4, -0.2) is 33.6 Å². The number of nitrogens with zero attached hydrogens (tertiary/aromatic N) is 2. The third-order valence-electron chi connectivity index (χ3n) is 4.99. The maximum Gasteiger partial charge on any atom is 0.406 e. The van der Waals surface area contributed by atoms with Crippen molar-refractivity contribution in [1.82, 2.24) is 9.55 Å². The van der Waals surface area contributed by atoms with Gasteiger partial charge >= 0.3 is 13.7 Å². The van der Waals surface area contributed by atoms with Gasteiger partial charge in [-0.1, -0.05) is 17.6 Å². The van der Waals surface area contributed by atoms with Crippen LogP contribution in [0.15, 0.2) is 36.7 Å². The predicted octanol–water partition coefficient (Wildman–Crippen LogP) is 4.50. The molecule has 1 radical (unpaired) electrons. The second kappa shape index (κ2) is 6.74. The molecule has 0 amide bonds. The van der Waals surface area contributed by atoms with Gasteiger partial charge < -0.3 is 9.22 Å². The van der Waals surface area contributed by atoms with Gasteiger partial charge in [-0.15, -0.1) is 0 Å². The molecule has 2 aromatic heterocycles. The highest BCUT2D eigenvalue weighted by atomic mass is 32.1. The van der Waals surface area contributed by atoms with Gasteiger partial charge in [0.25, 0.3) is 0 Å². The van der Waals surface area contributed by atoms with Gasteiger partial charge in [0.1, 0.15) is 6.54 Å². The van der Waals surface area contributed by atoms with Crippen molar-refractivity contribution in [2.45, 2.75) is 50.8 Å². The SMILES string of the molecule is CC(C)(S)C(C)(C)O[B]c1ccc2c3cnccc3n(CC(F)(F)F)c2c1. The van der Waals surface area contributed by atoms with Gasteiger partial charge in [0, 0.05) is 33.4 Å².